The molecule has 3 aromatic heterocycles. The fourth-order valence-corrected chi connectivity index (χ4v) is 3.24. The van der Waals surface area contributed by atoms with E-state index in [1.807, 2.05) is 17.7 Å². The van der Waals surface area contributed by atoms with Gasteiger partial charge in [-0.3, -0.25) is 4.79 Å². The molecule has 0 spiro atoms. The Hall–Kier alpha value is -3.76. The van der Waals surface area contributed by atoms with Crippen LogP contribution in [0.15, 0.2) is 47.6 Å². The van der Waals surface area contributed by atoms with E-state index in [2.05, 4.69) is 29.9 Å². The molecular weight excluding hydrogens is 413 g/mol. The van der Waals surface area contributed by atoms with Crippen molar-refractivity contribution in [3.05, 3.63) is 60.1 Å². The number of aromatic nitrogens is 5. The fraction of sp³-hybridized carbons (Fsp3) is 0.250. The highest BCUT2D eigenvalue weighted by Crippen LogP contribution is 2.31. The third-order valence-electron chi connectivity index (χ3n) is 4.66. The number of rotatable bonds is 6. The lowest BCUT2D eigenvalue weighted by Crippen LogP contribution is -2.28. The normalized spacial score (nSPS) is 11.7. The van der Waals surface area contributed by atoms with Crippen LogP contribution in [0.5, 0.6) is 0 Å². The van der Waals surface area contributed by atoms with Crippen LogP contribution in [-0.4, -0.2) is 37.1 Å². The Kier molecular flexibility index (Phi) is 5.40. The zero-order chi connectivity index (χ0) is 22.0. The Morgan fingerprint density at radius 2 is 2.00 bits per heavy atom. The Morgan fingerprint density at radius 3 is 2.71 bits per heavy atom. The van der Waals surface area contributed by atoms with Crippen molar-refractivity contribution in [2.24, 2.45) is 0 Å². The van der Waals surface area contributed by atoms with Crippen molar-refractivity contribution in [3.8, 4) is 11.4 Å². The maximum Gasteiger partial charge on any atom is 0.471 e. The number of alkyl halides is 3. The van der Waals surface area contributed by atoms with Gasteiger partial charge in [0.05, 0.1) is 6.42 Å². The average molecular weight is 430 g/mol. The van der Waals surface area contributed by atoms with E-state index in [9.17, 15) is 18.0 Å². The lowest BCUT2D eigenvalue weighted by Gasteiger charge is -2.08. The van der Waals surface area contributed by atoms with E-state index < -0.39 is 12.1 Å². The van der Waals surface area contributed by atoms with Crippen LogP contribution in [0.1, 0.15) is 17.0 Å². The highest BCUT2D eigenvalue weighted by Gasteiger charge is 2.38. The number of halogens is 3. The van der Waals surface area contributed by atoms with E-state index in [0.717, 1.165) is 16.5 Å². The number of nitrogens with zero attached hydrogens (tertiary/aromatic N) is 5. The molecule has 0 radical (unpaired) electrons. The number of hydrogen-bond acceptors (Lipinski definition) is 6. The Labute approximate surface area is 174 Å². The first kappa shape index (κ1) is 20.5. The summed E-state index contributed by atoms with van der Waals surface area (Å²) < 4.78 is 44.5. The summed E-state index contributed by atoms with van der Waals surface area (Å²) in [7, 11) is 0. The number of carbonyl (C=O) groups is 1. The molecule has 4 aromatic rings. The minimum Gasteiger partial charge on any atom is -0.354 e. The molecule has 0 aliphatic heterocycles. The van der Waals surface area contributed by atoms with Gasteiger partial charge in [-0.2, -0.15) is 18.2 Å². The quantitative estimate of drug-likeness (QED) is 0.505. The van der Waals surface area contributed by atoms with Crippen molar-refractivity contribution in [1.82, 2.24) is 30.0 Å². The largest absolute Gasteiger partial charge is 0.471 e. The number of hydrogen-bond donors (Lipinski definition) is 1. The van der Waals surface area contributed by atoms with Crippen LogP contribution in [0, 0.1) is 6.92 Å². The van der Waals surface area contributed by atoms with Crippen LogP contribution >= 0.6 is 0 Å². The Morgan fingerprint density at radius 1 is 1.23 bits per heavy atom. The lowest BCUT2D eigenvalue weighted by molar-refractivity contribution is -0.159. The van der Waals surface area contributed by atoms with Gasteiger partial charge in [-0.1, -0.05) is 17.3 Å². The number of nitrogens with one attached hydrogen (secondary N) is 1. The minimum atomic E-state index is -4.70. The molecular formula is C20H17F3N6O2. The molecule has 8 nitrogen and oxygen atoms in total. The standard InChI is InChI=1S/C20H17F3N6O2/c1-12-10-29(5-4-26-17(30)6-13-8-24-11-25-9-13)16-7-14(2-3-15(12)16)18-27-19(31-28-18)20(21,22)23/h2-3,7-11H,4-6H2,1H3,(H,26,30). The molecule has 0 saturated heterocycles. The number of amides is 1. The lowest BCUT2D eigenvalue weighted by atomic mass is 10.1. The van der Waals surface area contributed by atoms with Gasteiger partial charge in [-0.25, -0.2) is 9.97 Å². The van der Waals surface area contributed by atoms with Crippen LogP contribution in [0.3, 0.4) is 0 Å². The van der Waals surface area contributed by atoms with Crippen molar-refractivity contribution < 1.29 is 22.5 Å². The second kappa shape index (κ2) is 8.17. The minimum absolute atomic E-state index is 0.141. The molecule has 4 rings (SSSR count). The fourth-order valence-electron chi connectivity index (χ4n) is 3.24. The van der Waals surface area contributed by atoms with Crippen molar-refractivity contribution >= 4 is 16.8 Å². The molecule has 160 valence electrons. The van der Waals surface area contributed by atoms with Crippen molar-refractivity contribution in [2.75, 3.05) is 6.54 Å². The van der Waals surface area contributed by atoms with Crippen molar-refractivity contribution in [1.29, 1.82) is 0 Å². The summed E-state index contributed by atoms with van der Waals surface area (Å²) in [5.74, 6) is -1.69. The van der Waals surface area contributed by atoms with Gasteiger partial charge < -0.3 is 14.4 Å². The number of benzene rings is 1. The molecule has 1 aromatic carbocycles. The van der Waals surface area contributed by atoms with Gasteiger partial charge in [0.15, 0.2) is 0 Å². The van der Waals surface area contributed by atoms with E-state index >= 15 is 0 Å². The first-order valence-electron chi connectivity index (χ1n) is 9.32. The van der Waals surface area contributed by atoms with Gasteiger partial charge in [-0.15, -0.1) is 0 Å². The van der Waals surface area contributed by atoms with E-state index in [4.69, 9.17) is 0 Å². The van der Waals surface area contributed by atoms with Crippen LogP contribution in [-0.2, 0) is 23.9 Å². The van der Waals surface area contributed by atoms with E-state index in [1.54, 1.807) is 30.6 Å². The molecule has 1 amide bonds. The van der Waals surface area contributed by atoms with Crippen LogP contribution in [0.4, 0.5) is 13.2 Å². The molecule has 0 atom stereocenters. The van der Waals surface area contributed by atoms with Gasteiger partial charge in [0.25, 0.3) is 0 Å². The summed E-state index contributed by atoms with van der Waals surface area (Å²) in [4.78, 5) is 23.3. The van der Waals surface area contributed by atoms with Crippen molar-refractivity contribution in [3.63, 3.8) is 0 Å². The highest BCUT2D eigenvalue weighted by molar-refractivity contribution is 5.87. The van der Waals surface area contributed by atoms with Gasteiger partial charge in [0, 0.05) is 48.1 Å². The van der Waals surface area contributed by atoms with Crippen LogP contribution in [0.2, 0.25) is 0 Å². The molecule has 0 fully saturated rings. The first-order valence-corrected chi connectivity index (χ1v) is 9.32. The van der Waals surface area contributed by atoms with Gasteiger partial charge in [0.1, 0.15) is 6.33 Å². The van der Waals surface area contributed by atoms with Crippen LogP contribution in [0.25, 0.3) is 22.3 Å². The third-order valence-corrected chi connectivity index (χ3v) is 4.66. The molecule has 0 bridgehead atoms. The van der Waals surface area contributed by atoms with E-state index in [1.165, 1.54) is 6.33 Å². The van der Waals surface area contributed by atoms with Gasteiger partial charge >= 0.3 is 12.1 Å². The molecule has 3 heterocycles. The molecule has 31 heavy (non-hydrogen) atoms. The van der Waals surface area contributed by atoms with Crippen molar-refractivity contribution in [2.45, 2.75) is 26.1 Å². The predicted octanol–water partition coefficient (Wildman–Crippen LogP) is 3.17. The van der Waals surface area contributed by atoms with Crippen LogP contribution < -0.4 is 5.32 Å². The van der Waals surface area contributed by atoms with Gasteiger partial charge in [0.2, 0.25) is 11.7 Å². The molecule has 0 aliphatic rings. The summed E-state index contributed by atoms with van der Waals surface area (Å²) >= 11 is 0. The molecule has 1 N–H and O–H groups in total. The second-order valence-corrected chi connectivity index (χ2v) is 6.93. The maximum atomic E-state index is 12.7. The Balaban J connectivity index is 1.48. The summed E-state index contributed by atoms with van der Waals surface area (Å²) in [6, 6.07) is 5.15. The molecule has 0 aliphatic carbocycles. The summed E-state index contributed by atoms with van der Waals surface area (Å²) in [5.41, 5.74) is 2.90. The zero-order valence-electron chi connectivity index (χ0n) is 16.3. The average Bonchev–Trinajstić information content (AvgIpc) is 3.34. The van der Waals surface area contributed by atoms with E-state index in [0.29, 0.717) is 24.2 Å². The molecule has 0 saturated carbocycles. The number of carbonyl (C=O) groups excluding carboxylic acids is 1. The first-order chi connectivity index (χ1) is 14.8. The SMILES string of the molecule is Cc1cn(CCNC(=O)Cc2cncnc2)c2cc(-c3noc(C(F)(F)F)n3)ccc12. The third kappa shape index (κ3) is 4.55. The highest BCUT2D eigenvalue weighted by atomic mass is 19.4. The monoisotopic (exact) mass is 430 g/mol. The smallest absolute Gasteiger partial charge is 0.354 e. The zero-order valence-corrected chi connectivity index (χ0v) is 16.3. The maximum absolute atomic E-state index is 12.7. The summed E-state index contributed by atoms with van der Waals surface area (Å²) in [6.45, 7) is 2.79. The summed E-state index contributed by atoms with van der Waals surface area (Å²) in [5, 5.41) is 7.22. The second-order valence-electron chi connectivity index (χ2n) is 6.93. The molecule has 11 heteroatoms. The van der Waals surface area contributed by atoms with E-state index in [-0.39, 0.29) is 18.2 Å². The number of aryl methyl sites for hydroxylation is 1. The Bertz CT molecular complexity index is 1220. The van der Waals surface area contributed by atoms with Gasteiger partial charge in [-0.05, 0) is 24.1 Å². The molecule has 0 unspecified atom stereocenters. The summed E-state index contributed by atoms with van der Waals surface area (Å²) in [6.07, 6.45) is 1.96. The predicted molar refractivity (Wildman–Crippen MR) is 104 cm³/mol. The number of fused-ring (bicyclic) bond motifs is 1. The topological polar surface area (TPSA) is 98.7 Å².